The van der Waals surface area contributed by atoms with Crippen LogP contribution < -0.4 is 0 Å². The molecule has 0 bridgehead atoms. The second-order valence-corrected chi connectivity index (χ2v) is 24.0. The van der Waals surface area contributed by atoms with Crippen LogP contribution in [0.15, 0.2) is 329 Å². The van der Waals surface area contributed by atoms with E-state index in [9.17, 15) is 0 Å². The summed E-state index contributed by atoms with van der Waals surface area (Å²) in [5, 5.41) is 16.1. The molecule has 0 unspecified atom stereocenters. The van der Waals surface area contributed by atoms with Crippen molar-refractivity contribution in [3.8, 4) is 0 Å². The summed E-state index contributed by atoms with van der Waals surface area (Å²) in [5.74, 6) is 0. The summed E-state index contributed by atoms with van der Waals surface area (Å²) in [6, 6.07) is 88.5. The van der Waals surface area contributed by atoms with Crippen LogP contribution in [0.5, 0.6) is 0 Å². The van der Waals surface area contributed by atoms with E-state index in [1.165, 1.54) is 109 Å². The summed E-state index contributed by atoms with van der Waals surface area (Å²) in [6.07, 6.45) is 20.4. The van der Waals surface area contributed by atoms with Crippen LogP contribution in [0, 0.1) is 62.3 Å². The zero-order valence-electron chi connectivity index (χ0n) is 75.7. The molecule has 9 nitrogen and oxygen atoms in total. The van der Waals surface area contributed by atoms with Crippen molar-refractivity contribution < 1.29 is 0 Å². The van der Waals surface area contributed by atoms with E-state index < -0.39 is 0 Å². The van der Waals surface area contributed by atoms with E-state index in [0.717, 1.165) is 39.0 Å². The highest BCUT2D eigenvalue weighted by Crippen LogP contribution is 2.21. The molecule has 0 saturated carbocycles. The Hall–Kier alpha value is -12.3. The van der Waals surface area contributed by atoms with Crippen molar-refractivity contribution in [2.45, 2.75) is 187 Å². The molecule has 9 heterocycles. The van der Waals surface area contributed by atoms with Gasteiger partial charge in [0.05, 0.1) is 27.6 Å². The van der Waals surface area contributed by atoms with Gasteiger partial charge in [0, 0.05) is 128 Å². The predicted octanol–water partition coefficient (Wildman–Crippen LogP) is 32.1. The van der Waals surface area contributed by atoms with Crippen LogP contribution in [0.2, 0.25) is 0 Å². The van der Waals surface area contributed by atoms with E-state index in [1.807, 2.05) is 316 Å². The minimum atomic E-state index is 1.07. The van der Waals surface area contributed by atoms with E-state index in [1.54, 1.807) is 0 Å². The number of nitrogens with zero attached hydrogens (tertiary/aromatic N) is 9. The fourth-order valence-corrected chi connectivity index (χ4v) is 11.1. The first-order valence-electron chi connectivity index (χ1n) is 42.1. The first kappa shape index (κ1) is 103. The van der Waals surface area contributed by atoms with Gasteiger partial charge in [0.15, 0.2) is 0 Å². The molecular weight excluding hydrogens is 1420 g/mol. The topological polar surface area (TPSA) is 116 Å². The largest absolute Gasteiger partial charge is 0.264 e. The molecule has 9 heteroatoms. The molecule has 612 valence electrons. The zero-order chi connectivity index (χ0) is 87.1. The highest BCUT2D eigenvalue weighted by Gasteiger charge is 2.00. The van der Waals surface area contributed by atoms with E-state index in [-0.39, 0.29) is 0 Å². The standard InChI is InChI=1S/9C10H9N.9C2H6/c1-8-4-2-6-10-9(8)5-3-7-11-10;1-8-4-2-5-9-6-3-7-11-10(8)9;1-8-4-5-10-9(7-8)3-2-6-11-10;1-8-4-5-9-3-2-6-11-10(9)7-8;1-8-3-2-4-9-7-11-6-5-10(8)9;1-8-6-11-7-9-4-2-3-5-10(8)9;1-8-6-9-4-2-3-5-10(9)7-11-8;1-8-10-5-3-2-4-9(10)6-7-11-8;1-8-6-7-11-10-5-3-2-4-9(8)10;9*1-2/h9*2-7H,1H3;9*1-2H3. The summed E-state index contributed by atoms with van der Waals surface area (Å²) in [4.78, 5) is 37.8. The molecule has 0 saturated heterocycles. The number of hydrogen-bond donors (Lipinski definition) is 0. The van der Waals surface area contributed by atoms with Gasteiger partial charge in [-0.25, -0.2) is 0 Å². The van der Waals surface area contributed by atoms with Crippen molar-refractivity contribution in [1.29, 1.82) is 0 Å². The van der Waals surface area contributed by atoms with E-state index in [4.69, 9.17) is 0 Å². The van der Waals surface area contributed by atoms with Crippen LogP contribution in [-0.4, -0.2) is 44.9 Å². The third-order valence-electron chi connectivity index (χ3n) is 16.5. The van der Waals surface area contributed by atoms with Crippen LogP contribution >= 0.6 is 0 Å². The van der Waals surface area contributed by atoms with Crippen molar-refractivity contribution in [3.05, 3.63) is 379 Å². The molecule has 9 aromatic heterocycles. The molecule has 0 aliphatic heterocycles. The Balaban J connectivity index is 0.000000642. The highest BCUT2D eigenvalue weighted by atomic mass is 14.7. The van der Waals surface area contributed by atoms with Gasteiger partial charge in [0.2, 0.25) is 0 Å². The maximum Gasteiger partial charge on any atom is 0.0731 e. The molecule has 0 N–H and O–H groups in total. The molecule has 0 fully saturated rings. The number of aromatic nitrogens is 9. The Kier molecular flexibility index (Phi) is 55.3. The summed E-state index contributed by atoms with van der Waals surface area (Å²) in [7, 11) is 0. The van der Waals surface area contributed by atoms with Crippen molar-refractivity contribution >= 4 is 97.6 Å². The molecule has 0 atom stereocenters. The predicted molar refractivity (Wildman–Crippen MR) is 520 cm³/mol. The molecule has 18 aromatic rings. The van der Waals surface area contributed by atoms with E-state index >= 15 is 0 Å². The summed E-state index contributed by atoms with van der Waals surface area (Å²) in [6.45, 7) is 54.7. The van der Waals surface area contributed by atoms with Crippen LogP contribution in [0.4, 0.5) is 0 Å². The molecule has 0 amide bonds. The van der Waals surface area contributed by atoms with E-state index in [0.29, 0.717) is 0 Å². The fourth-order valence-electron chi connectivity index (χ4n) is 11.1. The van der Waals surface area contributed by atoms with Gasteiger partial charge in [0.1, 0.15) is 0 Å². The van der Waals surface area contributed by atoms with Gasteiger partial charge in [-0.2, -0.15) is 0 Å². The molecule has 117 heavy (non-hydrogen) atoms. The Morgan fingerprint density at radius 2 is 0.590 bits per heavy atom. The van der Waals surface area contributed by atoms with E-state index in [2.05, 4.69) is 245 Å². The number of para-hydroxylation sites is 2. The lowest BCUT2D eigenvalue weighted by Crippen LogP contribution is -1.80. The van der Waals surface area contributed by atoms with Gasteiger partial charge in [-0.1, -0.05) is 312 Å². The quantitative estimate of drug-likeness (QED) is 0.146. The maximum absolute atomic E-state index is 4.28. The molecule has 9 aromatic carbocycles. The fraction of sp³-hybridized carbons (Fsp3) is 0.250. The lowest BCUT2D eigenvalue weighted by atomic mass is 10.1. The average Bonchev–Trinajstić information content (AvgIpc) is 0.850. The monoisotopic (exact) mass is 1560 g/mol. The third kappa shape index (κ3) is 35.5. The number of pyridine rings is 9. The maximum atomic E-state index is 4.28. The normalized spacial score (nSPS) is 9.15. The van der Waals surface area contributed by atoms with Crippen LogP contribution in [0.25, 0.3) is 97.6 Å². The Labute approximate surface area is 704 Å². The van der Waals surface area contributed by atoms with Crippen LogP contribution in [0.1, 0.15) is 175 Å². The number of hydrogen-bond acceptors (Lipinski definition) is 9. The lowest BCUT2D eigenvalue weighted by molar-refractivity contribution is 1.22. The minimum Gasteiger partial charge on any atom is -0.264 e. The Morgan fingerprint density at radius 1 is 0.179 bits per heavy atom. The SMILES string of the molecule is CC.CC.CC.CC.CC.CC.CC.CC.CC.Cc1cc2ccccc2cn1.Cc1ccc2cccnc2c1.Cc1ccc2ncccc2c1.Cc1cccc2cccnc12.Cc1cccc2cnccc12.Cc1cccc2ncccc12.Cc1ccnc2ccccc12.Cc1cncc2ccccc12.Cc1nccc2ccccc12. The van der Waals surface area contributed by atoms with Crippen molar-refractivity contribution in [2.75, 3.05) is 0 Å². The van der Waals surface area contributed by atoms with Crippen LogP contribution in [-0.2, 0) is 0 Å². The summed E-state index contributed by atoms with van der Waals surface area (Å²) < 4.78 is 0. The van der Waals surface area contributed by atoms with Crippen molar-refractivity contribution in [3.63, 3.8) is 0 Å². The third-order valence-corrected chi connectivity index (χ3v) is 16.5. The van der Waals surface area contributed by atoms with Crippen molar-refractivity contribution in [2.24, 2.45) is 0 Å². The minimum absolute atomic E-state index is 1.07. The molecular formula is C108H135N9. The van der Waals surface area contributed by atoms with Crippen LogP contribution in [0.3, 0.4) is 0 Å². The van der Waals surface area contributed by atoms with Gasteiger partial charge in [-0.15, -0.1) is 0 Å². The second-order valence-electron chi connectivity index (χ2n) is 24.0. The Bertz CT molecular complexity index is 4780. The number of fused-ring (bicyclic) bond motifs is 9. The highest BCUT2D eigenvalue weighted by molar-refractivity contribution is 5.88. The first-order chi connectivity index (χ1) is 57.3. The average molecular weight is 1560 g/mol. The van der Waals surface area contributed by atoms with Gasteiger partial charge >= 0.3 is 0 Å². The molecule has 0 aliphatic carbocycles. The van der Waals surface area contributed by atoms with Crippen molar-refractivity contribution in [1.82, 2.24) is 44.9 Å². The number of benzene rings is 9. The van der Waals surface area contributed by atoms with Gasteiger partial charge in [0.25, 0.3) is 0 Å². The first-order valence-corrected chi connectivity index (χ1v) is 42.1. The summed E-state index contributed by atoms with van der Waals surface area (Å²) >= 11 is 0. The number of aryl methyl sites for hydroxylation is 9. The zero-order valence-corrected chi connectivity index (χ0v) is 75.7. The molecule has 18 rings (SSSR count). The molecule has 0 spiro atoms. The lowest BCUT2D eigenvalue weighted by Gasteiger charge is -1.98. The second kappa shape index (κ2) is 63.0. The van der Waals surface area contributed by atoms with Gasteiger partial charge in [-0.05, 0) is 196 Å². The van der Waals surface area contributed by atoms with Gasteiger partial charge < -0.3 is 0 Å². The Morgan fingerprint density at radius 3 is 1.21 bits per heavy atom. The number of rotatable bonds is 0. The molecule has 0 aliphatic rings. The smallest absolute Gasteiger partial charge is 0.0731 e. The molecule has 0 radical (unpaired) electrons. The van der Waals surface area contributed by atoms with Gasteiger partial charge in [-0.3, -0.25) is 44.9 Å². The summed E-state index contributed by atoms with van der Waals surface area (Å²) in [5.41, 5.74) is 16.5.